The van der Waals surface area contributed by atoms with Gasteiger partial charge in [-0.15, -0.1) is 0 Å². The van der Waals surface area contributed by atoms with Crippen LogP contribution >= 0.6 is 0 Å². The molecule has 3 aromatic rings. The number of pyridine rings is 1. The van der Waals surface area contributed by atoms with Crippen molar-refractivity contribution in [2.45, 2.75) is 6.04 Å². The van der Waals surface area contributed by atoms with Crippen LogP contribution in [-0.2, 0) is 11.8 Å². The number of hydrogen-bond acceptors (Lipinski definition) is 5. The molecule has 0 aliphatic rings. The van der Waals surface area contributed by atoms with Crippen LogP contribution in [0.5, 0.6) is 11.5 Å². The first-order valence-electron chi connectivity index (χ1n) is 8.69. The maximum absolute atomic E-state index is 12.6. The lowest BCUT2D eigenvalue weighted by Crippen LogP contribution is -2.29. The van der Waals surface area contributed by atoms with Gasteiger partial charge >= 0.3 is 0 Å². The molecule has 0 saturated heterocycles. The van der Waals surface area contributed by atoms with Gasteiger partial charge in [0.05, 0.1) is 14.2 Å². The van der Waals surface area contributed by atoms with Crippen LogP contribution in [-0.4, -0.2) is 34.7 Å². The summed E-state index contributed by atoms with van der Waals surface area (Å²) in [7, 11) is 5.05. The second-order valence-corrected chi connectivity index (χ2v) is 6.10. The Morgan fingerprint density at radius 2 is 1.93 bits per heavy atom. The highest BCUT2D eigenvalue weighted by Crippen LogP contribution is 2.29. The summed E-state index contributed by atoms with van der Waals surface area (Å²) < 4.78 is 12.6. The number of aryl methyl sites for hydroxylation is 1. The van der Waals surface area contributed by atoms with Gasteiger partial charge in [-0.2, -0.15) is 0 Å². The Hall–Kier alpha value is -3.61. The number of carbonyl (C=O) groups excluding carboxylic acids is 1. The molecule has 1 unspecified atom stereocenters. The maximum Gasteiger partial charge on any atom is 0.244 e. The van der Waals surface area contributed by atoms with Crippen LogP contribution in [0.3, 0.4) is 0 Å². The molecule has 0 radical (unpaired) electrons. The highest BCUT2D eigenvalue weighted by atomic mass is 16.5. The van der Waals surface area contributed by atoms with E-state index < -0.39 is 6.04 Å². The maximum atomic E-state index is 12.6. The summed E-state index contributed by atoms with van der Waals surface area (Å²) in [6, 6.07) is 8.70. The Morgan fingerprint density at radius 3 is 2.50 bits per heavy atom. The third-order valence-corrected chi connectivity index (χ3v) is 4.22. The van der Waals surface area contributed by atoms with E-state index in [-0.39, 0.29) is 5.91 Å². The van der Waals surface area contributed by atoms with Gasteiger partial charge < -0.3 is 19.4 Å². The van der Waals surface area contributed by atoms with Gasteiger partial charge in [0, 0.05) is 44.0 Å². The molecular formula is C21H22N4O3. The molecule has 144 valence electrons. The van der Waals surface area contributed by atoms with Crippen molar-refractivity contribution in [3.8, 4) is 11.5 Å². The fourth-order valence-corrected chi connectivity index (χ4v) is 2.79. The van der Waals surface area contributed by atoms with E-state index in [0.29, 0.717) is 17.3 Å². The fraction of sp³-hybridized carbons (Fsp3) is 0.190. The summed E-state index contributed by atoms with van der Waals surface area (Å²) in [5.41, 5.74) is 1.64. The molecule has 0 aliphatic carbocycles. The van der Waals surface area contributed by atoms with Gasteiger partial charge in [-0.1, -0.05) is 6.07 Å². The lowest BCUT2D eigenvalue weighted by molar-refractivity contribution is -0.117. The quantitative estimate of drug-likeness (QED) is 0.640. The van der Waals surface area contributed by atoms with Crippen molar-refractivity contribution in [3.63, 3.8) is 0 Å². The largest absolute Gasteiger partial charge is 0.497 e. The molecule has 28 heavy (non-hydrogen) atoms. The van der Waals surface area contributed by atoms with Gasteiger partial charge in [-0.05, 0) is 35.4 Å². The van der Waals surface area contributed by atoms with Crippen LogP contribution in [0.15, 0.2) is 61.2 Å². The van der Waals surface area contributed by atoms with Crippen molar-refractivity contribution in [3.05, 3.63) is 78.1 Å². The lowest BCUT2D eigenvalue weighted by Gasteiger charge is -2.20. The molecule has 0 spiro atoms. The molecule has 0 saturated carbocycles. The van der Waals surface area contributed by atoms with Crippen molar-refractivity contribution < 1.29 is 14.3 Å². The zero-order valence-corrected chi connectivity index (χ0v) is 16.0. The van der Waals surface area contributed by atoms with Gasteiger partial charge in [-0.25, -0.2) is 4.98 Å². The fourth-order valence-electron chi connectivity index (χ4n) is 2.79. The van der Waals surface area contributed by atoms with E-state index >= 15 is 0 Å². The first-order chi connectivity index (χ1) is 13.6. The predicted molar refractivity (Wildman–Crippen MR) is 106 cm³/mol. The highest BCUT2D eigenvalue weighted by Gasteiger charge is 2.21. The minimum absolute atomic E-state index is 0.251. The van der Waals surface area contributed by atoms with E-state index in [1.807, 2.05) is 42.1 Å². The molecule has 1 atom stereocenters. The smallest absolute Gasteiger partial charge is 0.244 e. The topological polar surface area (TPSA) is 78.3 Å². The van der Waals surface area contributed by atoms with Crippen molar-refractivity contribution >= 4 is 12.0 Å². The SMILES string of the molecule is COc1cc(OC)cc(C(NC(=O)/C=C/c2cccnc2)c2nccn2C)c1. The van der Waals surface area contributed by atoms with Gasteiger partial charge in [0.25, 0.3) is 0 Å². The van der Waals surface area contributed by atoms with E-state index in [1.54, 1.807) is 45.0 Å². The molecule has 2 aromatic heterocycles. The number of methoxy groups -OCH3 is 2. The number of amides is 1. The van der Waals surface area contributed by atoms with Crippen molar-refractivity contribution in [1.82, 2.24) is 19.9 Å². The third kappa shape index (κ3) is 4.56. The van der Waals surface area contributed by atoms with Crippen LogP contribution < -0.4 is 14.8 Å². The monoisotopic (exact) mass is 378 g/mol. The minimum atomic E-state index is -0.477. The van der Waals surface area contributed by atoms with Crippen LogP contribution in [0.2, 0.25) is 0 Å². The molecule has 1 aromatic carbocycles. The molecule has 7 nitrogen and oxygen atoms in total. The van der Waals surface area contributed by atoms with Gasteiger partial charge in [0.1, 0.15) is 23.4 Å². The molecule has 1 amide bonds. The Bertz CT molecular complexity index is 945. The summed E-state index contributed by atoms with van der Waals surface area (Å²) in [6.45, 7) is 0. The number of nitrogens with zero attached hydrogens (tertiary/aromatic N) is 3. The highest BCUT2D eigenvalue weighted by molar-refractivity contribution is 5.92. The number of aromatic nitrogens is 3. The van der Waals surface area contributed by atoms with Crippen LogP contribution in [0.25, 0.3) is 6.08 Å². The average Bonchev–Trinajstić information content (AvgIpc) is 3.16. The van der Waals surface area contributed by atoms with Crippen LogP contribution in [0, 0.1) is 0 Å². The Kier molecular flexibility index (Phi) is 6.06. The summed E-state index contributed by atoms with van der Waals surface area (Å²) in [4.78, 5) is 21.0. The van der Waals surface area contributed by atoms with Crippen molar-refractivity contribution in [2.75, 3.05) is 14.2 Å². The van der Waals surface area contributed by atoms with Crippen molar-refractivity contribution in [1.29, 1.82) is 0 Å². The third-order valence-electron chi connectivity index (χ3n) is 4.22. The van der Waals surface area contributed by atoms with Gasteiger partial charge in [0.15, 0.2) is 0 Å². The zero-order valence-electron chi connectivity index (χ0n) is 16.0. The normalized spacial score (nSPS) is 12.0. The van der Waals surface area contributed by atoms with Crippen LogP contribution in [0.4, 0.5) is 0 Å². The molecule has 7 heteroatoms. The second kappa shape index (κ2) is 8.85. The first-order valence-corrected chi connectivity index (χ1v) is 8.69. The summed E-state index contributed by atoms with van der Waals surface area (Å²) in [6.07, 6.45) is 10.1. The average molecular weight is 378 g/mol. The van der Waals surface area contributed by atoms with Crippen molar-refractivity contribution in [2.24, 2.45) is 7.05 Å². The molecule has 0 fully saturated rings. The number of carbonyl (C=O) groups is 1. The number of ether oxygens (including phenoxy) is 2. The molecule has 0 aliphatic heterocycles. The summed E-state index contributed by atoms with van der Waals surface area (Å²) in [5, 5.41) is 3.01. The number of imidazole rings is 1. The minimum Gasteiger partial charge on any atom is -0.497 e. The number of hydrogen-bond donors (Lipinski definition) is 1. The van der Waals surface area contributed by atoms with E-state index in [9.17, 15) is 4.79 Å². The summed E-state index contributed by atoms with van der Waals surface area (Å²) >= 11 is 0. The number of nitrogens with one attached hydrogen (secondary N) is 1. The van der Waals surface area contributed by atoms with E-state index in [0.717, 1.165) is 11.1 Å². The molecule has 1 N–H and O–H groups in total. The summed E-state index contributed by atoms with van der Waals surface area (Å²) in [5.74, 6) is 1.71. The van der Waals surface area contributed by atoms with E-state index in [2.05, 4.69) is 15.3 Å². The van der Waals surface area contributed by atoms with Gasteiger partial charge in [-0.3, -0.25) is 9.78 Å². The second-order valence-electron chi connectivity index (χ2n) is 6.10. The molecule has 3 rings (SSSR count). The Balaban J connectivity index is 1.91. The standard InChI is InChI=1S/C21H22N4O3/c1-25-10-9-23-21(25)20(16-11-17(27-2)13-18(12-16)28-3)24-19(26)7-6-15-5-4-8-22-14-15/h4-14,20H,1-3H3,(H,24,26)/b7-6+. The molecule has 0 bridgehead atoms. The van der Waals surface area contributed by atoms with E-state index in [4.69, 9.17) is 9.47 Å². The Morgan fingerprint density at radius 1 is 1.18 bits per heavy atom. The van der Waals surface area contributed by atoms with Crippen LogP contribution in [0.1, 0.15) is 23.0 Å². The van der Waals surface area contributed by atoms with Gasteiger partial charge in [0.2, 0.25) is 5.91 Å². The molecule has 2 heterocycles. The predicted octanol–water partition coefficient (Wildman–Crippen LogP) is 2.75. The lowest BCUT2D eigenvalue weighted by atomic mass is 10.0. The number of benzene rings is 1. The zero-order chi connectivity index (χ0) is 19.9. The Labute approximate surface area is 163 Å². The first kappa shape index (κ1) is 19.2. The molecular weight excluding hydrogens is 356 g/mol. The van der Waals surface area contributed by atoms with E-state index in [1.165, 1.54) is 6.08 Å². The number of rotatable bonds is 7.